The molecule has 0 atom stereocenters. The fourth-order valence-electron chi connectivity index (χ4n) is 2.35. The highest BCUT2D eigenvalue weighted by Crippen LogP contribution is 2.13. The second-order valence-corrected chi connectivity index (χ2v) is 6.30. The Morgan fingerprint density at radius 3 is 1.84 bits per heavy atom. The van der Waals surface area contributed by atoms with Gasteiger partial charge in [0.1, 0.15) is 11.4 Å². The van der Waals surface area contributed by atoms with Crippen molar-refractivity contribution in [3.63, 3.8) is 0 Å². The molecule has 2 N–H and O–H groups in total. The maximum Gasteiger partial charge on any atom is 0.285 e. The highest BCUT2D eigenvalue weighted by molar-refractivity contribution is 6.30. The molecule has 0 fully saturated rings. The van der Waals surface area contributed by atoms with Crippen LogP contribution < -0.4 is 22.7 Å². The molecular weight excluding hydrogens is 351 g/mol. The fraction of sp³-hybridized carbons (Fsp3) is 0.0952. The smallest absolute Gasteiger partial charge is 0.285 e. The Morgan fingerprint density at radius 2 is 1.28 bits per heavy atom. The molecule has 0 heterocycles. The third kappa shape index (κ3) is 5.35. The molecule has 0 radical (unpaired) electrons. The Bertz CT molecular complexity index is 837. The maximum atomic E-state index is 6.02. The number of halogens is 2. The van der Waals surface area contributed by atoms with Gasteiger partial charge in [-0.25, -0.2) is 10.3 Å². The lowest BCUT2D eigenvalue weighted by atomic mass is 10.1. The van der Waals surface area contributed by atoms with Crippen molar-refractivity contribution >= 4 is 28.8 Å². The van der Waals surface area contributed by atoms with Crippen molar-refractivity contribution < 1.29 is 17.4 Å². The average Bonchev–Trinajstić information content (AvgIpc) is 2.59. The van der Waals surface area contributed by atoms with Gasteiger partial charge in [0, 0.05) is 5.02 Å². The first kappa shape index (κ1) is 19.0. The van der Waals surface area contributed by atoms with E-state index in [9.17, 15) is 0 Å². The van der Waals surface area contributed by atoms with Crippen LogP contribution in [0.3, 0.4) is 0 Å². The second-order valence-electron chi connectivity index (χ2n) is 5.86. The molecule has 0 spiro atoms. The minimum atomic E-state index is 0. The van der Waals surface area contributed by atoms with Crippen LogP contribution in [0.5, 0.6) is 0 Å². The largest absolute Gasteiger partial charge is 1.00 e. The van der Waals surface area contributed by atoms with Gasteiger partial charge in [-0.2, -0.15) is 0 Å². The predicted molar refractivity (Wildman–Crippen MR) is 102 cm³/mol. The normalized spacial score (nSPS) is 10.9. The summed E-state index contributed by atoms with van der Waals surface area (Å²) in [4.78, 5) is 3.47. The summed E-state index contributed by atoms with van der Waals surface area (Å²) in [6.07, 6.45) is 0. The third-order valence-corrected chi connectivity index (χ3v) is 4.03. The number of anilines is 1. The van der Waals surface area contributed by atoms with E-state index in [-0.39, 0.29) is 12.4 Å². The van der Waals surface area contributed by atoms with E-state index >= 15 is 0 Å². The Balaban J connectivity index is 0.00000225. The summed E-state index contributed by atoms with van der Waals surface area (Å²) < 4.78 is 0. The lowest BCUT2D eigenvalue weighted by molar-refractivity contribution is -0.352. The number of hydrogen-bond acceptors (Lipinski definition) is 0. The summed E-state index contributed by atoms with van der Waals surface area (Å²) in [5.74, 6) is 0.916. The predicted octanol–water partition coefficient (Wildman–Crippen LogP) is 1.23. The lowest BCUT2D eigenvalue weighted by Crippen LogP contribution is -3.00. The molecule has 25 heavy (non-hydrogen) atoms. The zero-order valence-electron chi connectivity index (χ0n) is 14.2. The average molecular weight is 371 g/mol. The quantitative estimate of drug-likeness (QED) is 0.526. The van der Waals surface area contributed by atoms with E-state index in [0.717, 1.165) is 27.8 Å². The Kier molecular flexibility index (Phi) is 6.63. The molecule has 3 aromatic rings. The lowest BCUT2D eigenvalue weighted by Gasteiger charge is -2.05. The molecule has 0 aliphatic rings. The van der Waals surface area contributed by atoms with Crippen molar-refractivity contribution in [1.29, 1.82) is 0 Å². The minimum absolute atomic E-state index is 0. The first-order valence-electron chi connectivity index (χ1n) is 7.90. The van der Waals surface area contributed by atoms with Crippen LogP contribution >= 0.6 is 11.6 Å². The van der Waals surface area contributed by atoms with Crippen LogP contribution in [0.2, 0.25) is 5.02 Å². The molecule has 3 rings (SSSR count). The first-order chi connectivity index (χ1) is 11.6. The minimum Gasteiger partial charge on any atom is -1.00 e. The monoisotopic (exact) mass is 370 g/mol. The number of amidine groups is 1. The molecule has 0 unspecified atom stereocenters. The van der Waals surface area contributed by atoms with Crippen LogP contribution in [-0.4, -0.2) is 5.84 Å². The van der Waals surface area contributed by atoms with Gasteiger partial charge in [0.05, 0.1) is 5.56 Å². The van der Waals surface area contributed by atoms with Gasteiger partial charge < -0.3 is 12.4 Å². The van der Waals surface area contributed by atoms with Gasteiger partial charge in [-0.1, -0.05) is 47.0 Å². The van der Waals surface area contributed by atoms with Crippen LogP contribution in [0, 0.1) is 13.8 Å². The topological polar surface area (TPSA) is 26.0 Å². The summed E-state index contributed by atoms with van der Waals surface area (Å²) >= 11 is 6.02. The number of rotatable bonds is 3. The van der Waals surface area contributed by atoms with Crippen LogP contribution in [0.1, 0.15) is 16.7 Å². The molecule has 0 aliphatic heterocycles. The van der Waals surface area contributed by atoms with Gasteiger partial charge in [0.15, 0.2) is 0 Å². The summed E-state index contributed by atoms with van der Waals surface area (Å²) in [7, 11) is 0. The summed E-state index contributed by atoms with van der Waals surface area (Å²) in [5.41, 5.74) is 5.58. The van der Waals surface area contributed by atoms with Crippen LogP contribution in [0.15, 0.2) is 72.8 Å². The van der Waals surface area contributed by atoms with E-state index in [0.29, 0.717) is 0 Å². The van der Waals surface area contributed by atoms with Gasteiger partial charge in [-0.15, -0.1) is 0 Å². The van der Waals surface area contributed by atoms with Crippen molar-refractivity contribution in [2.24, 2.45) is 0 Å². The second kappa shape index (κ2) is 8.70. The van der Waals surface area contributed by atoms with Gasteiger partial charge in [-0.05, 0) is 62.4 Å². The van der Waals surface area contributed by atoms with E-state index in [1.165, 1.54) is 11.1 Å². The van der Waals surface area contributed by atoms with E-state index in [2.05, 4.69) is 72.7 Å². The third-order valence-electron chi connectivity index (χ3n) is 3.77. The fourth-order valence-corrected chi connectivity index (χ4v) is 2.48. The van der Waals surface area contributed by atoms with Crippen LogP contribution in [0.25, 0.3) is 0 Å². The molecule has 2 nitrogen and oxygen atoms in total. The molecule has 128 valence electrons. The zero-order valence-corrected chi connectivity index (χ0v) is 15.7. The molecule has 0 aromatic heterocycles. The van der Waals surface area contributed by atoms with E-state index < -0.39 is 0 Å². The van der Waals surface area contributed by atoms with Gasteiger partial charge in [-0.3, -0.25) is 0 Å². The number of hydrogen-bond donors (Lipinski definition) is 2. The van der Waals surface area contributed by atoms with Crippen molar-refractivity contribution in [2.75, 3.05) is 5.32 Å². The van der Waals surface area contributed by atoms with E-state index in [1.54, 1.807) is 0 Å². The van der Waals surface area contributed by atoms with Crippen molar-refractivity contribution in [3.8, 4) is 0 Å². The number of aryl methyl sites for hydroxylation is 2. The number of nitrogens with one attached hydrogen (secondary N) is 2. The van der Waals surface area contributed by atoms with Crippen LogP contribution in [0.4, 0.5) is 11.4 Å². The number of benzene rings is 3. The standard InChI is InChI=1S/C21H19ClN2.ClH/c1-15-3-11-19(12-4-15)23-21(17-7-9-18(22)10-8-17)24-20-13-5-16(2)6-14-20;/h3-14H,1-2H3,(H,23,24);1H. The van der Waals surface area contributed by atoms with Crippen molar-refractivity contribution in [2.45, 2.75) is 13.8 Å². The van der Waals surface area contributed by atoms with Gasteiger partial charge >= 0.3 is 0 Å². The van der Waals surface area contributed by atoms with Gasteiger partial charge in [0.2, 0.25) is 0 Å². The Hall–Kier alpha value is -2.29. The molecule has 3 aromatic carbocycles. The molecule has 0 bridgehead atoms. The highest BCUT2D eigenvalue weighted by atomic mass is 35.5. The van der Waals surface area contributed by atoms with E-state index in [4.69, 9.17) is 11.6 Å². The Morgan fingerprint density at radius 1 is 0.760 bits per heavy atom. The highest BCUT2D eigenvalue weighted by Gasteiger charge is 2.12. The first-order valence-corrected chi connectivity index (χ1v) is 8.28. The summed E-state index contributed by atoms with van der Waals surface area (Å²) in [6, 6.07) is 24.4. The molecule has 0 aliphatic carbocycles. The van der Waals surface area contributed by atoms with E-state index in [1.807, 2.05) is 24.3 Å². The Labute approximate surface area is 160 Å². The van der Waals surface area contributed by atoms with Crippen molar-refractivity contribution in [3.05, 3.63) is 94.5 Å². The summed E-state index contributed by atoms with van der Waals surface area (Å²) in [5, 5.41) is 4.19. The van der Waals surface area contributed by atoms with Gasteiger partial charge in [0.25, 0.3) is 5.84 Å². The molecular formula is C21H20Cl2N2. The zero-order chi connectivity index (χ0) is 16.9. The SMILES string of the molecule is Cc1ccc(NC(=[NH+]c2ccc(C)cc2)c2ccc(Cl)cc2)cc1.[Cl-]. The molecule has 0 saturated carbocycles. The molecule has 0 saturated heterocycles. The molecule has 4 heteroatoms. The van der Waals surface area contributed by atoms with Crippen LogP contribution in [-0.2, 0) is 0 Å². The van der Waals surface area contributed by atoms with Crippen molar-refractivity contribution in [1.82, 2.24) is 0 Å². The summed E-state index contributed by atoms with van der Waals surface area (Å²) in [6.45, 7) is 4.16. The molecule has 0 amide bonds. The maximum absolute atomic E-state index is 6.02.